The van der Waals surface area contributed by atoms with Crippen LogP contribution in [-0.4, -0.2) is 97.7 Å². The molecule has 1 aromatic rings. The molecule has 3 fully saturated rings. The van der Waals surface area contributed by atoms with Crippen LogP contribution >= 0.6 is 0 Å². The van der Waals surface area contributed by atoms with E-state index in [9.17, 15) is 0 Å². The van der Waals surface area contributed by atoms with E-state index in [0.717, 1.165) is 50.1 Å². The third kappa shape index (κ3) is 6.75. The van der Waals surface area contributed by atoms with Gasteiger partial charge in [-0.3, -0.25) is 14.7 Å². The summed E-state index contributed by atoms with van der Waals surface area (Å²) >= 11 is 0. The van der Waals surface area contributed by atoms with Crippen molar-refractivity contribution in [2.45, 2.75) is 160 Å². The predicted octanol–water partition coefficient (Wildman–Crippen LogP) is 5.92. The summed E-state index contributed by atoms with van der Waals surface area (Å²) < 4.78 is 0. The topological polar surface area (TPSA) is 63.7 Å². The molecule has 0 atom stereocenters. The van der Waals surface area contributed by atoms with Gasteiger partial charge in [0.05, 0.1) is 6.67 Å². The Hall–Kier alpha value is -1.51. The van der Waals surface area contributed by atoms with E-state index in [4.69, 9.17) is 15.0 Å². The maximum absolute atomic E-state index is 5.13. The summed E-state index contributed by atoms with van der Waals surface area (Å²) in [5.41, 5.74) is 0.436. The van der Waals surface area contributed by atoms with E-state index in [2.05, 4.69) is 101 Å². The van der Waals surface area contributed by atoms with Crippen molar-refractivity contribution in [2.24, 2.45) is 0 Å². The monoisotopic (exact) mass is 556 g/mol. The molecule has 0 amide bonds. The van der Waals surface area contributed by atoms with E-state index in [1.54, 1.807) is 0 Å². The second kappa shape index (κ2) is 11.3. The fourth-order valence-electron chi connectivity index (χ4n) is 7.96. The summed E-state index contributed by atoms with van der Waals surface area (Å²) in [6.45, 7) is 22.0. The van der Waals surface area contributed by atoms with Crippen LogP contribution in [0.5, 0.6) is 0 Å². The van der Waals surface area contributed by atoms with Crippen LogP contribution in [0.2, 0.25) is 0 Å². The van der Waals surface area contributed by atoms with E-state index in [-0.39, 0.29) is 22.2 Å². The summed E-state index contributed by atoms with van der Waals surface area (Å²) in [6.07, 6.45) is 10.7. The summed E-state index contributed by atoms with van der Waals surface area (Å²) in [6, 6.07) is 1.28. The standard InChI is InChI=1S/C32H60N8/c1-23-33-27(35-24-16-14-13-15-17-24)36-28(34-23)40(26-20-31(6,7)39(12)32(8,9)21-26)22-37(10)25-18-29(2,3)38(11)30(4,5)19-25/h24-26H,13-22H2,1-12H3,(H,33,34,35,36). The van der Waals surface area contributed by atoms with Gasteiger partial charge in [0.1, 0.15) is 5.82 Å². The van der Waals surface area contributed by atoms with E-state index in [1.165, 1.54) is 32.1 Å². The van der Waals surface area contributed by atoms with Crippen molar-refractivity contribution >= 4 is 11.9 Å². The molecule has 8 nitrogen and oxygen atoms in total. The number of nitrogens with one attached hydrogen (secondary N) is 1. The fraction of sp³-hybridized carbons (Fsp3) is 0.906. The molecule has 3 heterocycles. The van der Waals surface area contributed by atoms with Crippen molar-refractivity contribution in [3.63, 3.8) is 0 Å². The molecular weight excluding hydrogens is 496 g/mol. The summed E-state index contributed by atoms with van der Waals surface area (Å²) in [5.74, 6) is 2.37. The molecule has 0 aromatic carbocycles. The number of hydrogen-bond acceptors (Lipinski definition) is 8. The Kier molecular flexibility index (Phi) is 8.87. The van der Waals surface area contributed by atoms with Crippen LogP contribution in [0, 0.1) is 6.92 Å². The fourth-order valence-corrected chi connectivity index (χ4v) is 7.96. The molecule has 1 saturated carbocycles. The molecule has 0 bridgehead atoms. The normalized spacial score (nSPS) is 26.2. The summed E-state index contributed by atoms with van der Waals surface area (Å²) in [5, 5.41) is 3.69. The van der Waals surface area contributed by atoms with Crippen molar-refractivity contribution in [1.82, 2.24) is 29.7 Å². The predicted molar refractivity (Wildman–Crippen MR) is 168 cm³/mol. The van der Waals surface area contributed by atoms with Crippen LogP contribution < -0.4 is 10.2 Å². The van der Waals surface area contributed by atoms with Crippen molar-refractivity contribution in [1.29, 1.82) is 0 Å². The molecule has 2 aliphatic heterocycles. The van der Waals surface area contributed by atoms with E-state index < -0.39 is 0 Å². The van der Waals surface area contributed by atoms with Gasteiger partial charge in [0.25, 0.3) is 0 Å². The molecule has 8 heteroatoms. The highest BCUT2D eigenvalue weighted by Gasteiger charge is 2.47. The first-order valence-electron chi connectivity index (χ1n) is 15.9. The molecule has 228 valence electrons. The van der Waals surface area contributed by atoms with E-state index in [1.807, 2.05) is 6.92 Å². The lowest BCUT2D eigenvalue weighted by molar-refractivity contribution is -0.0449. The quantitative estimate of drug-likeness (QED) is 0.415. The number of rotatable bonds is 7. The van der Waals surface area contributed by atoms with Gasteiger partial charge in [0.15, 0.2) is 0 Å². The van der Waals surface area contributed by atoms with Gasteiger partial charge in [-0.05, 0) is 122 Å². The molecular formula is C32H60N8. The average Bonchev–Trinajstić information content (AvgIpc) is 2.83. The van der Waals surface area contributed by atoms with Crippen LogP contribution in [0.15, 0.2) is 0 Å². The lowest BCUT2D eigenvalue weighted by Gasteiger charge is -2.57. The van der Waals surface area contributed by atoms with E-state index >= 15 is 0 Å². The Morgan fingerprint density at radius 2 is 1.20 bits per heavy atom. The number of nitrogens with zero attached hydrogens (tertiary/aromatic N) is 7. The molecule has 3 aliphatic rings. The number of likely N-dealkylation sites (tertiary alicyclic amines) is 2. The highest BCUT2D eigenvalue weighted by atomic mass is 15.4. The smallest absolute Gasteiger partial charge is 0.231 e. The molecule has 0 unspecified atom stereocenters. The third-order valence-corrected chi connectivity index (χ3v) is 10.9. The molecule has 1 aliphatic carbocycles. The average molecular weight is 557 g/mol. The zero-order valence-corrected chi connectivity index (χ0v) is 27.9. The number of piperidine rings is 2. The molecule has 4 rings (SSSR count). The zero-order valence-electron chi connectivity index (χ0n) is 27.9. The SMILES string of the molecule is Cc1nc(NC2CCCCC2)nc(N(CN(C)C2CC(C)(C)N(C)C(C)(C)C2)C2CC(C)(C)N(C)C(C)(C)C2)n1. The van der Waals surface area contributed by atoms with Crippen LogP contribution in [0.4, 0.5) is 11.9 Å². The van der Waals surface area contributed by atoms with Gasteiger partial charge in [-0.15, -0.1) is 0 Å². The second-order valence-electron chi connectivity index (χ2n) is 15.8. The van der Waals surface area contributed by atoms with Gasteiger partial charge in [0, 0.05) is 40.3 Å². The third-order valence-electron chi connectivity index (χ3n) is 10.9. The Morgan fingerprint density at radius 1 is 0.725 bits per heavy atom. The maximum Gasteiger partial charge on any atom is 0.231 e. The molecule has 2 saturated heterocycles. The zero-order chi connectivity index (χ0) is 29.7. The van der Waals surface area contributed by atoms with Crippen molar-refractivity contribution < 1.29 is 0 Å². The molecule has 1 aromatic heterocycles. The first-order chi connectivity index (χ1) is 18.4. The number of aromatic nitrogens is 3. The minimum absolute atomic E-state index is 0.0754. The van der Waals surface area contributed by atoms with Gasteiger partial charge in [-0.25, -0.2) is 0 Å². The molecule has 0 radical (unpaired) electrons. The number of hydrogen-bond donors (Lipinski definition) is 1. The Bertz CT molecular complexity index is 976. The van der Waals surface area contributed by atoms with Gasteiger partial charge in [-0.2, -0.15) is 15.0 Å². The van der Waals surface area contributed by atoms with Crippen LogP contribution in [0.1, 0.15) is 119 Å². The highest BCUT2D eigenvalue weighted by molar-refractivity contribution is 5.39. The Morgan fingerprint density at radius 3 is 1.70 bits per heavy atom. The van der Waals surface area contributed by atoms with E-state index in [0.29, 0.717) is 18.1 Å². The van der Waals surface area contributed by atoms with Gasteiger partial charge in [-0.1, -0.05) is 19.3 Å². The lowest BCUT2D eigenvalue weighted by Crippen LogP contribution is -2.65. The van der Waals surface area contributed by atoms with Crippen molar-refractivity contribution in [3.8, 4) is 0 Å². The van der Waals surface area contributed by atoms with Gasteiger partial charge < -0.3 is 10.2 Å². The minimum Gasteiger partial charge on any atom is -0.351 e. The first kappa shape index (κ1) is 31.4. The van der Waals surface area contributed by atoms with Crippen molar-refractivity contribution in [3.05, 3.63) is 5.82 Å². The van der Waals surface area contributed by atoms with Crippen LogP contribution in [0.25, 0.3) is 0 Å². The van der Waals surface area contributed by atoms with Gasteiger partial charge in [0.2, 0.25) is 11.9 Å². The second-order valence-corrected chi connectivity index (χ2v) is 15.8. The molecule has 40 heavy (non-hydrogen) atoms. The minimum atomic E-state index is 0.0754. The first-order valence-corrected chi connectivity index (χ1v) is 15.9. The Balaban J connectivity index is 1.67. The summed E-state index contributed by atoms with van der Waals surface area (Å²) in [7, 11) is 6.89. The molecule has 0 spiro atoms. The Labute approximate surface area is 245 Å². The van der Waals surface area contributed by atoms with Crippen molar-refractivity contribution in [2.75, 3.05) is 38.0 Å². The lowest BCUT2D eigenvalue weighted by atomic mass is 9.76. The number of aryl methyl sites for hydroxylation is 1. The molecule has 1 N–H and O–H groups in total. The van der Waals surface area contributed by atoms with Gasteiger partial charge >= 0.3 is 0 Å². The van der Waals surface area contributed by atoms with Crippen LogP contribution in [-0.2, 0) is 0 Å². The highest BCUT2D eigenvalue weighted by Crippen LogP contribution is 2.41. The largest absolute Gasteiger partial charge is 0.351 e. The summed E-state index contributed by atoms with van der Waals surface area (Å²) in [4.78, 5) is 25.1. The van der Waals surface area contributed by atoms with Crippen LogP contribution in [0.3, 0.4) is 0 Å². The maximum atomic E-state index is 5.13. The number of anilines is 2.